The number of nitrogens with two attached hydrogens (primary N) is 1. The lowest BCUT2D eigenvalue weighted by molar-refractivity contribution is -0.139. The third kappa shape index (κ3) is 6.01. The molecule has 0 aliphatic rings. The molecule has 0 unspecified atom stereocenters. The van der Waals surface area contributed by atoms with E-state index in [1.165, 1.54) is 0 Å². The maximum atomic E-state index is 10.7. The Balaban J connectivity index is 2.47. The zero-order valence-corrected chi connectivity index (χ0v) is 10.7. The van der Waals surface area contributed by atoms with Crippen molar-refractivity contribution < 1.29 is 19.8 Å². The largest absolute Gasteiger partial charge is 0.481 e. The second-order valence-corrected chi connectivity index (χ2v) is 4.57. The highest BCUT2D eigenvalue weighted by Gasteiger charge is 2.12. The summed E-state index contributed by atoms with van der Waals surface area (Å²) in [7, 11) is 0. The van der Waals surface area contributed by atoms with Crippen LogP contribution in [0.4, 0.5) is 0 Å². The molecule has 0 aromatic heterocycles. The van der Waals surface area contributed by atoms with Gasteiger partial charge in [0, 0.05) is 6.42 Å². The first kappa shape index (κ1) is 15.2. The van der Waals surface area contributed by atoms with Crippen LogP contribution in [0, 0.1) is 0 Å². The van der Waals surface area contributed by atoms with E-state index in [1.807, 2.05) is 24.3 Å². The van der Waals surface area contributed by atoms with Crippen molar-refractivity contribution in [3.05, 3.63) is 35.4 Å². The Bertz CT molecular complexity index is 445. The lowest BCUT2D eigenvalue weighted by atomic mass is 10.0. The van der Waals surface area contributed by atoms with Gasteiger partial charge in [0.25, 0.3) is 0 Å². The quantitative estimate of drug-likeness (QED) is 0.617. The third-order valence-electron chi connectivity index (χ3n) is 2.87. The van der Waals surface area contributed by atoms with Gasteiger partial charge >= 0.3 is 11.9 Å². The molecule has 0 aliphatic heterocycles. The van der Waals surface area contributed by atoms with Gasteiger partial charge in [0.1, 0.15) is 6.04 Å². The van der Waals surface area contributed by atoms with Crippen LogP contribution < -0.4 is 5.73 Å². The fourth-order valence-electron chi connectivity index (χ4n) is 1.86. The van der Waals surface area contributed by atoms with Crippen LogP contribution >= 0.6 is 0 Å². The Labute approximate surface area is 112 Å². The second-order valence-electron chi connectivity index (χ2n) is 4.57. The summed E-state index contributed by atoms with van der Waals surface area (Å²) in [6.07, 6.45) is 2.74. The summed E-state index contributed by atoms with van der Waals surface area (Å²) in [6, 6.07) is 6.72. The Kier molecular flexibility index (Phi) is 6.02. The van der Waals surface area contributed by atoms with E-state index in [0.717, 1.165) is 24.0 Å². The summed E-state index contributed by atoms with van der Waals surface area (Å²) in [5.41, 5.74) is 7.47. The number of aliphatic carboxylic acids is 2. The summed E-state index contributed by atoms with van der Waals surface area (Å²) in [5, 5.41) is 17.3. The monoisotopic (exact) mass is 265 g/mol. The predicted octanol–water partition coefficient (Wildman–Crippen LogP) is 1.44. The number of unbranched alkanes of at least 4 members (excludes halogenated alkanes) is 1. The van der Waals surface area contributed by atoms with Crippen LogP contribution in [0.25, 0.3) is 0 Å². The SMILES string of the molecule is N[C@@H](Cc1cccc(CCCCC(=O)O)c1)C(=O)O. The fraction of sp³-hybridized carbons (Fsp3) is 0.429. The second kappa shape index (κ2) is 7.53. The maximum absolute atomic E-state index is 10.7. The number of hydrogen-bond donors (Lipinski definition) is 3. The molecule has 5 heteroatoms. The minimum atomic E-state index is -1.01. The summed E-state index contributed by atoms with van der Waals surface area (Å²) in [4.78, 5) is 21.1. The van der Waals surface area contributed by atoms with E-state index in [2.05, 4.69) is 0 Å². The Morgan fingerprint density at radius 1 is 1.16 bits per heavy atom. The molecule has 1 rings (SSSR count). The van der Waals surface area contributed by atoms with Crippen molar-refractivity contribution in [2.45, 2.75) is 38.1 Å². The summed E-state index contributed by atoms with van der Waals surface area (Å²) in [6.45, 7) is 0. The van der Waals surface area contributed by atoms with E-state index < -0.39 is 18.0 Å². The van der Waals surface area contributed by atoms with Crippen LogP contribution in [0.15, 0.2) is 24.3 Å². The first-order chi connectivity index (χ1) is 8.99. The number of carbonyl (C=O) groups is 2. The molecule has 1 aromatic carbocycles. The zero-order chi connectivity index (χ0) is 14.3. The molecule has 1 aromatic rings. The Hall–Kier alpha value is -1.88. The molecule has 0 fully saturated rings. The molecule has 0 spiro atoms. The van der Waals surface area contributed by atoms with Gasteiger partial charge in [-0.3, -0.25) is 9.59 Å². The topological polar surface area (TPSA) is 101 Å². The highest BCUT2D eigenvalue weighted by atomic mass is 16.4. The van der Waals surface area contributed by atoms with Gasteiger partial charge in [0.15, 0.2) is 0 Å². The minimum absolute atomic E-state index is 0.184. The van der Waals surface area contributed by atoms with Crippen molar-refractivity contribution in [2.24, 2.45) is 5.73 Å². The molecule has 0 saturated carbocycles. The molecule has 4 N–H and O–H groups in total. The number of benzene rings is 1. The van der Waals surface area contributed by atoms with E-state index in [4.69, 9.17) is 15.9 Å². The van der Waals surface area contributed by atoms with Crippen molar-refractivity contribution in [1.82, 2.24) is 0 Å². The van der Waals surface area contributed by atoms with E-state index in [-0.39, 0.29) is 6.42 Å². The fourth-order valence-corrected chi connectivity index (χ4v) is 1.86. The maximum Gasteiger partial charge on any atom is 0.320 e. The van der Waals surface area contributed by atoms with Crippen LogP contribution in [0.3, 0.4) is 0 Å². The molecular formula is C14H19NO4. The van der Waals surface area contributed by atoms with E-state index in [1.54, 1.807) is 0 Å². The summed E-state index contributed by atoms with van der Waals surface area (Å²) < 4.78 is 0. The molecule has 0 amide bonds. The van der Waals surface area contributed by atoms with Crippen LogP contribution in [-0.4, -0.2) is 28.2 Å². The van der Waals surface area contributed by atoms with E-state index >= 15 is 0 Å². The van der Waals surface area contributed by atoms with Crippen molar-refractivity contribution in [2.75, 3.05) is 0 Å². The van der Waals surface area contributed by atoms with Crippen molar-refractivity contribution in [3.8, 4) is 0 Å². The first-order valence-electron chi connectivity index (χ1n) is 6.27. The Morgan fingerprint density at radius 3 is 2.47 bits per heavy atom. The highest BCUT2D eigenvalue weighted by molar-refractivity contribution is 5.73. The highest BCUT2D eigenvalue weighted by Crippen LogP contribution is 2.11. The van der Waals surface area contributed by atoms with Gasteiger partial charge in [-0.1, -0.05) is 24.3 Å². The molecule has 0 aliphatic carbocycles. The lowest BCUT2D eigenvalue weighted by Gasteiger charge is -2.08. The van der Waals surface area contributed by atoms with Crippen LogP contribution in [0.1, 0.15) is 30.4 Å². The molecule has 0 radical (unpaired) electrons. The average Bonchev–Trinajstić information content (AvgIpc) is 2.35. The molecule has 0 heterocycles. The molecule has 0 saturated heterocycles. The van der Waals surface area contributed by atoms with Gasteiger partial charge in [0.05, 0.1) is 0 Å². The number of hydrogen-bond acceptors (Lipinski definition) is 3. The molecule has 5 nitrogen and oxygen atoms in total. The van der Waals surface area contributed by atoms with Crippen molar-refractivity contribution in [3.63, 3.8) is 0 Å². The zero-order valence-electron chi connectivity index (χ0n) is 10.7. The third-order valence-corrected chi connectivity index (χ3v) is 2.87. The molecule has 0 bridgehead atoms. The van der Waals surface area contributed by atoms with Gasteiger partial charge in [0.2, 0.25) is 0 Å². The molecular weight excluding hydrogens is 246 g/mol. The number of carboxylic acid groups (broad SMARTS) is 2. The number of rotatable bonds is 8. The predicted molar refractivity (Wildman–Crippen MR) is 70.9 cm³/mol. The van der Waals surface area contributed by atoms with Gasteiger partial charge in [-0.2, -0.15) is 0 Å². The molecule has 104 valence electrons. The van der Waals surface area contributed by atoms with Gasteiger partial charge in [-0.25, -0.2) is 0 Å². The van der Waals surface area contributed by atoms with Crippen molar-refractivity contribution >= 4 is 11.9 Å². The normalized spacial score (nSPS) is 12.1. The summed E-state index contributed by atoms with van der Waals surface area (Å²) in [5.74, 6) is -1.78. The smallest absolute Gasteiger partial charge is 0.320 e. The summed E-state index contributed by atoms with van der Waals surface area (Å²) >= 11 is 0. The first-order valence-corrected chi connectivity index (χ1v) is 6.27. The van der Waals surface area contributed by atoms with Crippen LogP contribution in [-0.2, 0) is 22.4 Å². The van der Waals surface area contributed by atoms with Crippen LogP contribution in [0.2, 0.25) is 0 Å². The van der Waals surface area contributed by atoms with E-state index in [0.29, 0.717) is 12.8 Å². The molecule has 19 heavy (non-hydrogen) atoms. The van der Waals surface area contributed by atoms with Gasteiger partial charge in [-0.05, 0) is 36.8 Å². The lowest BCUT2D eigenvalue weighted by Crippen LogP contribution is -2.32. The van der Waals surface area contributed by atoms with Gasteiger partial charge in [-0.15, -0.1) is 0 Å². The van der Waals surface area contributed by atoms with Gasteiger partial charge < -0.3 is 15.9 Å². The molecule has 1 atom stereocenters. The standard InChI is InChI=1S/C14H19NO4/c15-12(14(18)19)9-11-6-3-5-10(8-11)4-1-2-7-13(16)17/h3,5-6,8,12H,1-2,4,7,9,15H2,(H,16,17)(H,18,19)/t12-/m0/s1. The average molecular weight is 265 g/mol. The number of carboxylic acids is 2. The number of aryl methyl sites for hydroxylation is 1. The van der Waals surface area contributed by atoms with E-state index in [9.17, 15) is 9.59 Å². The van der Waals surface area contributed by atoms with Crippen LogP contribution in [0.5, 0.6) is 0 Å². The van der Waals surface area contributed by atoms with Crippen molar-refractivity contribution in [1.29, 1.82) is 0 Å². The minimum Gasteiger partial charge on any atom is -0.481 e. The Morgan fingerprint density at radius 2 is 1.84 bits per heavy atom.